The monoisotopic (exact) mass is 513 g/mol. The number of fused-ring (bicyclic) bond motifs is 1. The molecule has 0 spiro atoms. The molecular formula is C22H36IN5O. The average Bonchev–Trinajstić information content (AvgIpc) is 3.11. The number of halogens is 1. The number of nitrogens with one attached hydrogen (secondary N) is 3. The molecule has 1 aromatic heterocycles. The lowest BCUT2D eigenvalue weighted by molar-refractivity contribution is -0.00254. The molecule has 0 bridgehead atoms. The van der Waals surface area contributed by atoms with Gasteiger partial charge in [0.1, 0.15) is 0 Å². The number of aliphatic imine (C=N–C) groups is 1. The summed E-state index contributed by atoms with van der Waals surface area (Å²) in [6, 6.07) is 6.41. The van der Waals surface area contributed by atoms with Gasteiger partial charge in [-0.05, 0) is 64.4 Å². The van der Waals surface area contributed by atoms with Gasteiger partial charge in [0.05, 0.1) is 6.54 Å². The molecule has 2 aromatic rings. The molecule has 1 saturated heterocycles. The van der Waals surface area contributed by atoms with E-state index >= 15 is 0 Å². The number of hydrogen-bond acceptors (Lipinski definition) is 3. The van der Waals surface area contributed by atoms with Crippen LogP contribution in [0, 0.1) is 6.92 Å². The van der Waals surface area contributed by atoms with Gasteiger partial charge in [0.25, 0.3) is 0 Å². The number of hydrogen-bond donors (Lipinski definition) is 3. The van der Waals surface area contributed by atoms with Gasteiger partial charge in [-0.1, -0.05) is 12.1 Å². The second-order valence-corrected chi connectivity index (χ2v) is 7.91. The standard InChI is InChI=1S/C22H35N5O.HI/c1-5-23-21(26-16-22(27(3)4)10-13-28-14-11-22)24-12-9-18-15-25-19-8-6-7-17(2)20(18)19;/h6-8,15,25H,5,9-14,16H2,1-4H3,(H2,23,24,26);1H. The predicted molar refractivity (Wildman–Crippen MR) is 133 cm³/mol. The maximum atomic E-state index is 5.57. The van der Waals surface area contributed by atoms with Crippen molar-refractivity contribution in [2.45, 2.75) is 38.6 Å². The van der Waals surface area contributed by atoms with Gasteiger partial charge in [-0.25, -0.2) is 0 Å². The zero-order chi connectivity index (χ0) is 20.0. The molecule has 3 N–H and O–H groups in total. The second kappa shape index (κ2) is 11.2. The summed E-state index contributed by atoms with van der Waals surface area (Å²) in [5.74, 6) is 0.895. The third kappa shape index (κ3) is 5.86. The van der Waals surface area contributed by atoms with Crippen molar-refractivity contribution < 1.29 is 4.74 Å². The molecule has 29 heavy (non-hydrogen) atoms. The minimum Gasteiger partial charge on any atom is -0.381 e. The number of aromatic nitrogens is 1. The van der Waals surface area contributed by atoms with E-state index < -0.39 is 0 Å². The zero-order valence-electron chi connectivity index (χ0n) is 18.2. The third-order valence-electron chi connectivity index (χ3n) is 5.93. The van der Waals surface area contributed by atoms with Crippen LogP contribution in [0.1, 0.15) is 30.9 Å². The number of aryl methyl sites for hydroxylation is 1. The van der Waals surface area contributed by atoms with Gasteiger partial charge in [-0.15, -0.1) is 24.0 Å². The first-order valence-electron chi connectivity index (χ1n) is 10.4. The number of H-pyrrole nitrogens is 1. The van der Waals surface area contributed by atoms with Gasteiger partial charge < -0.3 is 25.3 Å². The Morgan fingerprint density at radius 3 is 2.69 bits per heavy atom. The van der Waals surface area contributed by atoms with E-state index in [1.807, 2.05) is 0 Å². The molecule has 3 rings (SSSR count). The SMILES string of the molecule is CCNC(=NCC1(N(C)C)CCOCC1)NCCc1c[nH]c2cccc(C)c12.I. The van der Waals surface area contributed by atoms with Gasteiger partial charge in [0.15, 0.2) is 5.96 Å². The van der Waals surface area contributed by atoms with E-state index in [0.717, 1.165) is 58.1 Å². The van der Waals surface area contributed by atoms with Crippen molar-refractivity contribution in [2.75, 3.05) is 46.9 Å². The maximum Gasteiger partial charge on any atom is 0.191 e. The predicted octanol–water partition coefficient (Wildman–Crippen LogP) is 3.30. The fourth-order valence-corrected chi connectivity index (χ4v) is 4.03. The first-order chi connectivity index (χ1) is 13.6. The molecule has 162 valence electrons. The zero-order valence-corrected chi connectivity index (χ0v) is 20.5. The normalized spacial score (nSPS) is 16.7. The number of aromatic amines is 1. The van der Waals surface area contributed by atoms with E-state index in [4.69, 9.17) is 9.73 Å². The summed E-state index contributed by atoms with van der Waals surface area (Å²) in [6.07, 6.45) is 5.14. The Morgan fingerprint density at radius 2 is 2.00 bits per heavy atom. The van der Waals surface area contributed by atoms with E-state index in [1.165, 1.54) is 22.0 Å². The maximum absolute atomic E-state index is 5.57. The summed E-state index contributed by atoms with van der Waals surface area (Å²) in [5, 5.41) is 8.25. The Kier molecular flexibility index (Phi) is 9.23. The highest BCUT2D eigenvalue weighted by Gasteiger charge is 2.34. The summed E-state index contributed by atoms with van der Waals surface area (Å²) in [6.45, 7) is 8.41. The van der Waals surface area contributed by atoms with Crippen molar-refractivity contribution in [1.29, 1.82) is 0 Å². The number of nitrogens with zero attached hydrogens (tertiary/aromatic N) is 2. The van der Waals surface area contributed by atoms with Crippen molar-refractivity contribution in [1.82, 2.24) is 20.5 Å². The van der Waals surface area contributed by atoms with Crippen LogP contribution >= 0.6 is 24.0 Å². The molecule has 0 amide bonds. The Balaban J connectivity index is 0.00000300. The van der Waals surface area contributed by atoms with Crippen LogP contribution in [0.5, 0.6) is 0 Å². The summed E-state index contributed by atoms with van der Waals surface area (Å²) in [7, 11) is 4.31. The van der Waals surface area contributed by atoms with Crippen LogP contribution in [0.2, 0.25) is 0 Å². The summed E-state index contributed by atoms with van der Waals surface area (Å²) in [5.41, 5.74) is 3.98. The van der Waals surface area contributed by atoms with Crippen LogP contribution < -0.4 is 10.6 Å². The molecule has 0 atom stereocenters. The van der Waals surface area contributed by atoms with Gasteiger partial charge in [0.2, 0.25) is 0 Å². The number of rotatable bonds is 7. The first kappa shape index (κ1) is 24.0. The number of likely N-dealkylation sites (N-methyl/N-ethyl adjacent to an activating group) is 1. The molecule has 0 unspecified atom stereocenters. The summed E-state index contributed by atoms with van der Waals surface area (Å²) < 4.78 is 5.57. The smallest absolute Gasteiger partial charge is 0.191 e. The lowest BCUT2D eigenvalue weighted by Gasteiger charge is -2.41. The highest BCUT2D eigenvalue weighted by atomic mass is 127. The first-order valence-corrected chi connectivity index (χ1v) is 10.4. The second-order valence-electron chi connectivity index (χ2n) is 7.91. The molecule has 1 aliphatic rings. The molecule has 0 aliphatic carbocycles. The van der Waals surface area contributed by atoms with Crippen molar-refractivity contribution >= 4 is 40.8 Å². The van der Waals surface area contributed by atoms with Crippen molar-refractivity contribution in [3.8, 4) is 0 Å². The lowest BCUT2D eigenvalue weighted by Crippen LogP contribution is -2.51. The molecule has 1 aliphatic heterocycles. The van der Waals surface area contributed by atoms with Crippen LogP contribution in [0.4, 0.5) is 0 Å². The van der Waals surface area contributed by atoms with Gasteiger partial charge >= 0.3 is 0 Å². The van der Waals surface area contributed by atoms with E-state index in [2.05, 4.69) is 72.9 Å². The van der Waals surface area contributed by atoms with Crippen molar-refractivity contribution in [3.63, 3.8) is 0 Å². The minimum atomic E-state index is 0. The Morgan fingerprint density at radius 1 is 1.24 bits per heavy atom. The van der Waals surface area contributed by atoms with E-state index in [9.17, 15) is 0 Å². The molecule has 1 aromatic carbocycles. The quantitative estimate of drug-likeness (QED) is 0.302. The molecule has 1 fully saturated rings. The Bertz CT molecular complexity index is 796. The van der Waals surface area contributed by atoms with Crippen LogP contribution in [0.25, 0.3) is 10.9 Å². The van der Waals surface area contributed by atoms with E-state index in [0.29, 0.717) is 0 Å². The minimum absolute atomic E-state index is 0. The van der Waals surface area contributed by atoms with Crippen LogP contribution in [0.3, 0.4) is 0 Å². The fourth-order valence-electron chi connectivity index (χ4n) is 4.03. The number of benzene rings is 1. The molecule has 0 radical (unpaired) electrons. The summed E-state index contributed by atoms with van der Waals surface area (Å²) in [4.78, 5) is 10.6. The fraction of sp³-hybridized carbons (Fsp3) is 0.591. The van der Waals surface area contributed by atoms with Gasteiger partial charge in [-0.3, -0.25) is 4.99 Å². The molecule has 0 saturated carbocycles. The van der Waals surface area contributed by atoms with E-state index in [-0.39, 0.29) is 29.5 Å². The third-order valence-corrected chi connectivity index (χ3v) is 5.93. The van der Waals surface area contributed by atoms with Gasteiger partial charge in [-0.2, -0.15) is 0 Å². The van der Waals surface area contributed by atoms with Crippen LogP contribution in [-0.2, 0) is 11.2 Å². The Hall–Kier alpha value is -1.32. The topological polar surface area (TPSA) is 64.7 Å². The van der Waals surface area contributed by atoms with Crippen molar-refractivity contribution in [2.24, 2.45) is 4.99 Å². The number of guanidine groups is 1. The van der Waals surface area contributed by atoms with Crippen molar-refractivity contribution in [3.05, 3.63) is 35.5 Å². The lowest BCUT2D eigenvalue weighted by atomic mass is 9.89. The van der Waals surface area contributed by atoms with Crippen LogP contribution in [0.15, 0.2) is 29.4 Å². The molecule has 2 heterocycles. The number of ether oxygens (including phenoxy) is 1. The highest BCUT2D eigenvalue weighted by Crippen LogP contribution is 2.26. The molecule has 6 nitrogen and oxygen atoms in total. The largest absolute Gasteiger partial charge is 0.381 e. The van der Waals surface area contributed by atoms with Crippen LogP contribution in [-0.4, -0.2) is 68.3 Å². The Labute approximate surface area is 191 Å². The average molecular weight is 513 g/mol. The van der Waals surface area contributed by atoms with Gasteiger partial charge in [0, 0.05) is 48.9 Å². The van der Waals surface area contributed by atoms with E-state index in [1.54, 1.807) is 0 Å². The molecule has 7 heteroatoms. The molecular weight excluding hydrogens is 477 g/mol. The summed E-state index contributed by atoms with van der Waals surface area (Å²) >= 11 is 0. The highest BCUT2D eigenvalue weighted by molar-refractivity contribution is 14.0.